The first-order valence-corrected chi connectivity index (χ1v) is 10.6. The zero-order chi connectivity index (χ0) is 23.8. The van der Waals surface area contributed by atoms with Crippen LogP contribution in [0.5, 0.6) is 0 Å². The van der Waals surface area contributed by atoms with Crippen LogP contribution < -0.4 is 21.9 Å². The van der Waals surface area contributed by atoms with E-state index < -0.39 is 17.2 Å². The molecule has 3 aromatic rings. The predicted molar refractivity (Wildman–Crippen MR) is 130 cm³/mol. The van der Waals surface area contributed by atoms with Gasteiger partial charge in [-0.15, -0.1) is 0 Å². The number of nitrogen functional groups attached to an aromatic ring is 1. The van der Waals surface area contributed by atoms with Crippen LogP contribution in [0.3, 0.4) is 0 Å². The van der Waals surface area contributed by atoms with Gasteiger partial charge < -0.3 is 15.4 Å². The van der Waals surface area contributed by atoms with Crippen LogP contribution in [-0.4, -0.2) is 35.7 Å². The first kappa shape index (κ1) is 23.7. The average Bonchev–Trinajstić information content (AvgIpc) is 2.80. The maximum Gasteiger partial charge on any atom is 0.330 e. The van der Waals surface area contributed by atoms with Crippen molar-refractivity contribution in [2.24, 2.45) is 0 Å². The summed E-state index contributed by atoms with van der Waals surface area (Å²) in [7, 11) is 1.56. The molecule has 1 aromatic heterocycles. The molecule has 1 heterocycles. The molecule has 33 heavy (non-hydrogen) atoms. The highest BCUT2D eigenvalue weighted by atomic mass is 16.5. The summed E-state index contributed by atoms with van der Waals surface area (Å²) in [6.45, 7) is 2.70. The average molecular weight is 449 g/mol. The number of aryl methyl sites for hydroxylation is 1. The largest absolute Gasteiger partial charge is 0.385 e. The molecule has 0 atom stereocenters. The first-order chi connectivity index (χ1) is 15.9. The van der Waals surface area contributed by atoms with Crippen molar-refractivity contribution in [3.8, 4) is 0 Å². The lowest BCUT2D eigenvalue weighted by Gasteiger charge is -2.23. The Bertz CT molecular complexity index is 1250. The van der Waals surface area contributed by atoms with Crippen molar-refractivity contribution in [1.29, 1.82) is 0 Å². The Morgan fingerprint density at radius 1 is 1.12 bits per heavy atom. The number of amides is 1. The number of carbonyl (C=O) groups excluding carboxylic acids is 1. The number of methoxy groups -OCH3 is 1. The third-order valence-corrected chi connectivity index (χ3v) is 5.26. The van der Waals surface area contributed by atoms with E-state index in [0.717, 1.165) is 16.7 Å². The molecular formula is C25H28N4O4. The van der Waals surface area contributed by atoms with Crippen LogP contribution in [0.2, 0.25) is 0 Å². The predicted octanol–water partition coefficient (Wildman–Crippen LogP) is 2.56. The van der Waals surface area contributed by atoms with Crippen LogP contribution >= 0.6 is 0 Å². The Kier molecular flexibility index (Phi) is 7.99. The summed E-state index contributed by atoms with van der Waals surface area (Å²) in [5.41, 5.74) is 7.64. The van der Waals surface area contributed by atoms with E-state index in [-0.39, 0.29) is 24.6 Å². The number of hydrogen-bond acceptors (Lipinski definition) is 5. The number of H-pyrrole nitrogens is 1. The minimum atomic E-state index is -0.711. The van der Waals surface area contributed by atoms with Crippen molar-refractivity contribution in [3.63, 3.8) is 0 Å². The fourth-order valence-corrected chi connectivity index (χ4v) is 3.49. The van der Waals surface area contributed by atoms with E-state index in [1.54, 1.807) is 13.2 Å². The minimum absolute atomic E-state index is 0.0546. The summed E-state index contributed by atoms with van der Waals surface area (Å²) in [6, 6.07) is 16.9. The van der Waals surface area contributed by atoms with Gasteiger partial charge in [0.05, 0.1) is 6.54 Å². The Morgan fingerprint density at radius 3 is 2.52 bits per heavy atom. The summed E-state index contributed by atoms with van der Waals surface area (Å²) in [6.07, 6.45) is 3.59. The van der Waals surface area contributed by atoms with Gasteiger partial charge in [-0.2, -0.15) is 0 Å². The lowest BCUT2D eigenvalue weighted by atomic mass is 10.1. The summed E-state index contributed by atoms with van der Waals surface area (Å²) >= 11 is 0. The molecule has 3 rings (SSSR count). The summed E-state index contributed by atoms with van der Waals surface area (Å²) in [4.78, 5) is 42.1. The number of aromatic amines is 1. The number of anilines is 2. The molecule has 0 aliphatic carbocycles. The SMILES string of the molecule is COCCCN(C(=O)/C=C/c1ccccc1C)c1c(N)n(Cc2ccccc2)c(=O)[nH]c1=O. The van der Waals surface area contributed by atoms with E-state index in [4.69, 9.17) is 10.5 Å². The highest BCUT2D eigenvalue weighted by Gasteiger charge is 2.23. The van der Waals surface area contributed by atoms with Gasteiger partial charge >= 0.3 is 5.69 Å². The number of aromatic nitrogens is 2. The number of nitrogens with two attached hydrogens (primary N) is 1. The topological polar surface area (TPSA) is 110 Å². The van der Waals surface area contributed by atoms with Gasteiger partial charge in [0.25, 0.3) is 11.5 Å². The minimum Gasteiger partial charge on any atom is -0.385 e. The third-order valence-electron chi connectivity index (χ3n) is 5.26. The lowest BCUT2D eigenvalue weighted by molar-refractivity contribution is -0.114. The third kappa shape index (κ3) is 5.87. The van der Waals surface area contributed by atoms with E-state index in [0.29, 0.717) is 13.0 Å². The second-order valence-electron chi connectivity index (χ2n) is 7.59. The van der Waals surface area contributed by atoms with Crippen molar-refractivity contribution < 1.29 is 9.53 Å². The standard InChI is InChI=1S/C25H28N4O4/c1-18-9-6-7-12-20(18)13-14-21(30)28(15-8-16-33-2)22-23(26)29(25(32)27-24(22)31)17-19-10-4-3-5-11-19/h3-7,9-14H,8,15-17,26H2,1-2H3,(H,27,31,32)/b14-13+. The maximum atomic E-state index is 13.2. The fourth-order valence-electron chi connectivity index (χ4n) is 3.49. The second-order valence-corrected chi connectivity index (χ2v) is 7.59. The lowest BCUT2D eigenvalue weighted by Crippen LogP contribution is -2.41. The number of ether oxygens (including phenoxy) is 1. The van der Waals surface area contributed by atoms with Crippen molar-refractivity contribution in [2.75, 3.05) is 30.9 Å². The van der Waals surface area contributed by atoms with Crippen LogP contribution in [0.15, 0.2) is 70.3 Å². The number of nitrogens with one attached hydrogen (secondary N) is 1. The van der Waals surface area contributed by atoms with Crippen LogP contribution in [0.1, 0.15) is 23.1 Å². The summed E-state index contributed by atoms with van der Waals surface area (Å²) < 4.78 is 6.36. The van der Waals surface area contributed by atoms with E-state index in [9.17, 15) is 14.4 Å². The molecule has 0 saturated heterocycles. The highest BCUT2D eigenvalue weighted by molar-refractivity contribution is 6.05. The van der Waals surface area contributed by atoms with Crippen LogP contribution in [0.25, 0.3) is 6.08 Å². The van der Waals surface area contributed by atoms with E-state index in [1.807, 2.05) is 61.5 Å². The number of hydrogen-bond donors (Lipinski definition) is 2. The van der Waals surface area contributed by atoms with E-state index >= 15 is 0 Å². The van der Waals surface area contributed by atoms with Gasteiger partial charge in [0.1, 0.15) is 5.82 Å². The molecule has 0 aliphatic rings. The number of benzene rings is 2. The van der Waals surface area contributed by atoms with Crippen LogP contribution in [-0.2, 0) is 16.1 Å². The molecule has 172 valence electrons. The zero-order valence-electron chi connectivity index (χ0n) is 18.8. The van der Waals surface area contributed by atoms with E-state index in [1.165, 1.54) is 15.5 Å². The molecule has 2 aromatic carbocycles. The Balaban J connectivity index is 2.01. The molecule has 0 spiro atoms. The molecule has 1 amide bonds. The zero-order valence-corrected chi connectivity index (χ0v) is 18.8. The highest BCUT2D eigenvalue weighted by Crippen LogP contribution is 2.19. The molecule has 0 unspecified atom stereocenters. The molecule has 0 radical (unpaired) electrons. The molecule has 0 aliphatic heterocycles. The Morgan fingerprint density at radius 2 is 1.82 bits per heavy atom. The summed E-state index contributed by atoms with van der Waals surface area (Å²) in [5, 5.41) is 0. The molecule has 0 bridgehead atoms. The molecule has 8 nitrogen and oxygen atoms in total. The van der Waals surface area contributed by atoms with Crippen molar-refractivity contribution in [2.45, 2.75) is 19.9 Å². The van der Waals surface area contributed by atoms with Crippen LogP contribution in [0, 0.1) is 6.92 Å². The number of carbonyl (C=O) groups is 1. The van der Waals surface area contributed by atoms with E-state index in [2.05, 4.69) is 4.98 Å². The normalized spacial score (nSPS) is 11.1. The maximum absolute atomic E-state index is 13.2. The van der Waals surface area contributed by atoms with Crippen molar-refractivity contribution in [1.82, 2.24) is 9.55 Å². The molecule has 3 N–H and O–H groups in total. The Hall–Kier alpha value is -3.91. The Labute approximate surface area is 191 Å². The molecule has 0 fully saturated rings. The molecular weight excluding hydrogens is 420 g/mol. The van der Waals surface area contributed by atoms with Gasteiger partial charge in [-0.1, -0.05) is 54.6 Å². The fraction of sp³-hybridized carbons (Fsp3) is 0.240. The molecule has 0 saturated carbocycles. The summed E-state index contributed by atoms with van der Waals surface area (Å²) in [5.74, 6) is -0.487. The smallest absolute Gasteiger partial charge is 0.330 e. The first-order valence-electron chi connectivity index (χ1n) is 10.6. The molecule has 8 heteroatoms. The van der Waals surface area contributed by atoms with Gasteiger partial charge in [-0.05, 0) is 36.1 Å². The number of nitrogens with zero attached hydrogens (tertiary/aromatic N) is 2. The van der Waals surface area contributed by atoms with Gasteiger partial charge in [0.15, 0.2) is 5.69 Å². The number of rotatable bonds is 9. The van der Waals surface area contributed by atoms with Gasteiger partial charge in [0, 0.05) is 26.3 Å². The van der Waals surface area contributed by atoms with Crippen molar-refractivity contribution >= 4 is 23.5 Å². The van der Waals surface area contributed by atoms with Gasteiger partial charge in [-0.25, -0.2) is 4.79 Å². The second kappa shape index (κ2) is 11.1. The van der Waals surface area contributed by atoms with Crippen molar-refractivity contribution in [3.05, 3.63) is 98.2 Å². The monoisotopic (exact) mass is 448 g/mol. The van der Waals surface area contributed by atoms with Gasteiger partial charge in [-0.3, -0.25) is 19.1 Å². The van der Waals surface area contributed by atoms with Crippen LogP contribution in [0.4, 0.5) is 11.5 Å². The van der Waals surface area contributed by atoms with Gasteiger partial charge in [0.2, 0.25) is 0 Å². The quantitative estimate of drug-likeness (QED) is 0.386.